The van der Waals surface area contributed by atoms with Gasteiger partial charge in [0.1, 0.15) is 0 Å². The van der Waals surface area contributed by atoms with Crippen LogP contribution in [0, 0.1) is 6.92 Å². The lowest BCUT2D eigenvalue weighted by Crippen LogP contribution is -2.06. The zero-order chi connectivity index (χ0) is 13.8. The van der Waals surface area contributed by atoms with Crippen molar-refractivity contribution in [2.24, 2.45) is 0 Å². The van der Waals surface area contributed by atoms with E-state index in [0.29, 0.717) is 5.56 Å². The molecule has 0 amide bonds. The summed E-state index contributed by atoms with van der Waals surface area (Å²) in [6, 6.07) is 6.75. The molecule has 0 N–H and O–H groups in total. The van der Waals surface area contributed by atoms with E-state index in [-0.39, 0.29) is 5.50 Å². The van der Waals surface area contributed by atoms with Gasteiger partial charge in [-0.05, 0) is 25.6 Å². The maximum Gasteiger partial charge on any atom is 0.395 e. The summed E-state index contributed by atoms with van der Waals surface area (Å²) in [5.74, 6) is -0.658. The van der Waals surface area contributed by atoms with E-state index >= 15 is 0 Å². The van der Waals surface area contributed by atoms with Crippen LogP contribution in [0.1, 0.15) is 15.9 Å². The Balaban J connectivity index is 2.80. The van der Waals surface area contributed by atoms with Crippen LogP contribution in [0.15, 0.2) is 36.3 Å². The lowest BCUT2D eigenvalue weighted by atomic mass is 10.2. The summed E-state index contributed by atoms with van der Waals surface area (Å²) in [5, 5.41) is 0. The molecule has 0 fully saturated rings. The molecule has 0 saturated carbocycles. The van der Waals surface area contributed by atoms with Gasteiger partial charge in [0, 0.05) is 14.2 Å². The number of esters is 1. The van der Waals surface area contributed by atoms with E-state index in [4.69, 9.17) is 4.74 Å². The molecule has 0 aliphatic heterocycles. The Hall–Kier alpha value is -1.42. The Labute approximate surface area is 106 Å². The van der Waals surface area contributed by atoms with Crippen molar-refractivity contribution in [2.75, 3.05) is 14.2 Å². The lowest BCUT2D eigenvalue weighted by molar-refractivity contribution is 0.0633. The maximum absolute atomic E-state index is 11.9. The van der Waals surface area contributed by atoms with Crippen molar-refractivity contribution in [1.29, 1.82) is 0 Å². The van der Waals surface area contributed by atoms with Crippen LogP contribution in [0.2, 0.25) is 0 Å². The molecule has 0 aliphatic rings. The first-order valence-electron chi connectivity index (χ1n) is 5.13. The normalized spacial score (nSPS) is 11.1. The summed E-state index contributed by atoms with van der Waals surface area (Å²) in [5.41, 5.74) is 1.02. The molecule has 0 saturated heterocycles. The molecule has 6 heteroatoms. The molecular formula is C12H15O5P. The number of carbonyl (C=O) groups excluding carboxylic acids is 1. The summed E-state index contributed by atoms with van der Waals surface area (Å²) in [6.45, 7) is 5.30. The van der Waals surface area contributed by atoms with Crippen molar-refractivity contribution in [2.45, 2.75) is 6.92 Å². The number of ether oxygens (including phenoxy) is 1. The minimum Gasteiger partial charge on any atom is -0.415 e. The van der Waals surface area contributed by atoms with E-state index in [9.17, 15) is 9.36 Å². The molecule has 0 spiro atoms. The molecule has 0 radical (unpaired) electrons. The largest absolute Gasteiger partial charge is 0.415 e. The Morgan fingerprint density at radius 2 is 1.67 bits per heavy atom. The first kappa shape index (κ1) is 14.6. The van der Waals surface area contributed by atoms with E-state index < -0.39 is 13.6 Å². The average Bonchev–Trinajstić information content (AvgIpc) is 2.38. The first-order valence-corrected chi connectivity index (χ1v) is 6.67. The molecule has 0 atom stereocenters. The zero-order valence-electron chi connectivity index (χ0n) is 10.5. The minimum absolute atomic E-state index is 0.334. The number of aryl methyl sites for hydroxylation is 1. The highest BCUT2D eigenvalue weighted by Gasteiger charge is 2.30. The molecule has 0 aromatic heterocycles. The second-order valence-electron chi connectivity index (χ2n) is 3.51. The predicted octanol–water partition coefficient (Wildman–Crippen LogP) is 3.11. The summed E-state index contributed by atoms with van der Waals surface area (Å²) in [6.07, 6.45) is 0. The first-order chi connectivity index (χ1) is 8.42. The second-order valence-corrected chi connectivity index (χ2v) is 5.74. The van der Waals surface area contributed by atoms with Crippen LogP contribution < -0.4 is 0 Å². The summed E-state index contributed by atoms with van der Waals surface area (Å²) >= 11 is 0. The van der Waals surface area contributed by atoms with Gasteiger partial charge in [-0.1, -0.05) is 17.7 Å². The molecular weight excluding hydrogens is 255 g/mol. The van der Waals surface area contributed by atoms with Crippen molar-refractivity contribution in [3.63, 3.8) is 0 Å². The molecule has 18 heavy (non-hydrogen) atoms. The van der Waals surface area contributed by atoms with Gasteiger partial charge in [-0.15, -0.1) is 0 Å². The van der Waals surface area contributed by atoms with E-state index in [0.717, 1.165) is 5.56 Å². The highest BCUT2D eigenvalue weighted by molar-refractivity contribution is 7.58. The number of rotatable bonds is 5. The molecule has 0 bridgehead atoms. The van der Waals surface area contributed by atoms with Gasteiger partial charge < -0.3 is 13.8 Å². The standard InChI is InChI=1S/C12H15O5P/c1-9-5-7-11(8-6-9)12(13)17-10(2)18(14,15-3)16-4/h5-8H,2H2,1,3-4H3. The van der Waals surface area contributed by atoms with Gasteiger partial charge in [0.25, 0.3) is 0 Å². The summed E-state index contributed by atoms with van der Waals surface area (Å²) in [4.78, 5) is 11.7. The molecule has 5 nitrogen and oxygen atoms in total. The molecule has 1 rings (SSSR count). The van der Waals surface area contributed by atoms with Crippen molar-refractivity contribution < 1.29 is 23.1 Å². The third-order valence-corrected chi connectivity index (χ3v) is 3.95. The second kappa shape index (κ2) is 5.96. The molecule has 0 heterocycles. The Kier molecular flexibility index (Phi) is 4.84. The monoisotopic (exact) mass is 270 g/mol. The van der Waals surface area contributed by atoms with Crippen LogP contribution in [0.4, 0.5) is 0 Å². The quantitative estimate of drug-likeness (QED) is 0.467. The Morgan fingerprint density at radius 1 is 1.17 bits per heavy atom. The molecule has 98 valence electrons. The number of benzene rings is 1. The SMILES string of the molecule is C=C(OC(=O)c1ccc(C)cc1)P(=O)(OC)OC. The van der Waals surface area contributed by atoms with Crippen molar-refractivity contribution in [3.05, 3.63) is 47.5 Å². The van der Waals surface area contributed by atoms with Crippen molar-refractivity contribution in [3.8, 4) is 0 Å². The maximum atomic E-state index is 11.9. The van der Waals surface area contributed by atoms with Crippen molar-refractivity contribution >= 4 is 13.6 Å². The van der Waals surface area contributed by atoms with E-state index in [2.05, 4.69) is 15.6 Å². The Bertz CT molecular complexity index is 484. The van der Waals surface area contributed by atoms with Crippen LogP contribution in [0.5, 0.6) is 0 Å². The van der Waals surface area contributed by atoms with Crippen LogP contribution >= 0.6 is 7.60 Å². The zero-order valence-corrected chi connectivity index (χ0v) is 11.4. The van der Waals surface area contributed by atoms with E-state index in [1.54, 1.807) is 24.3 Å². The van der Waals surface area contributed by atoms with Crippen LogP contribution in [-0.4, -0.2) is 20.2 Å². The number of hydrogen-bond acceptors (Lipinski definition) is 5. The van der Waals surface area contributed by atoms with Gasteiger partial charge in [-0.2, -0.15) is 0 Å². The smallest absolute Gasteiger partial charge is 0.395 e. The van der Waals surface area contributed by atoms with Crippen molar-refractivity contribution in [1.82, 2.24) is 0 Å². The molecule has 0 unspecified atom stereocenters. The predicted molar refractivity (Wildman–Crippen MR) is 67.4 cm³/mol. The third kappa shape index (κ3) is 3.29. The highest BCUT2D eigenvalue weighted by atomic mass is 31.2. The van der Waals surface area contributed by atoms with Gasteiger partial charge in [-0.25, -0.2) is 4.79 Å². The molecule has 1 aromatic carbocycles. The lowest BCUT2D eigenvalue weighted by Gasteiger charge is -2.15. The van der Waals surface area contributed by atoms with Gasteiger partial charge in [0.2, 0.25) is 5.50 Å². The molecule has 1 aromatic rings. The fraction of sp³-hybridized carbons (Fsp3) is 0.250. The van der Waals surface area contributed by atoms with Gasteiger partial charge in [0.15, 0.2) is 0 Å². The number of hydrogen-bond donors (Lipinski definition) is 0. The Morgan fingerprint density at radius 3 is 2.11 bits per heavy atom. The average molecular weight is 270 g/mol. The molecule has 0 aliphatic carbocycles. The third-order valence-electron chi connectivity index (χ3n) is 2.28. The van der Waals surface area contributed by atoms with Crippen LogP contribution in [0.3, 0.4) is 0 Å². The van der Waals surface area contributed by atoms with Crippen LogP contribution in [0.25, 0.3) is 0 Å². The fourth-order valence-electron chi connectivity index (χ4n) is 1.19. The van der Waals surface area contributed by atoms with Crippen LogP contribution in [-0.2, 0) is 18.3 Å². The van der Waals surface area contributed by atoms with Gasteiger partial charge in [-0.3, -0.25) is 4.57 Å². The fourth-order valence-corrected chi connectivity index (χ4v) is 1.94. The topological polar surface area (TPSA) is 61.8 Å². The van der Waals surface area contributed by atoms with Gasteiger partial charge >= 0.3 is 13.6 Å². The van der Waals surface area contributed by atoms with E-state index in [1.165, 1.54) is 14.2 Å². The number of carbonyl (C=O) groups is 1. The van der Waals surface area contributed by atoms with E-state index in [1.807, 2.05) is 6.92 Å². The summed E-state index contributed by atoms with van der Waals surface area (Å²) in [7, 11) is -1.21. The highest BCUT2D eigenvalue weighted by Crippen LogP contribution is 2.54. The minimum atomic E-state index is -3.59. The van der Waals surface area contributed by atoms with Gasteiger partial charge in [0.05, 0.1) is 5.56 Å². The summed E-state index contributed by atoms with van der Waals surface area (Å²) < 4.78 is 26.0.